The normalized spacial score (nSPS) is 22.4. The molecule has 1 atom stereocenters. The van der Waals surface area contributed by atoms with Gasteiger partial charge in [0, 0.05) is 19.0 Å². The van der Waals surface area contributed by atoms with Gasteiger partial charge in [-0.2, -0.15) is 0 Å². The number of aromatic nitrogens is 2. The van der Waals surface area contributed by atoms with Crippen LogP contribution in [-0.4, -0.2) is 22.2 Å². The molecule has 5 heteroatoms. The van der Waals surface area contributed by atoms with Gasteiger partial charge in [0.15, 0.2) is 0 Å². The number of hydrazine groups is 1. The van der Waals surface area contributed by atoms with Crippen LogP contribution in [0.4, 0.5) is 0 Å². The molecule has 1 saturated carbocycles. The van der Waals surface area contributed by atoms with Crippen molar-refractivity contribution in [1.29, 1.82) is 0 Å². The highest BCUT2D eigenvalue weighted by molar-refractivity contribution is 5.11. The minimum absolute atomic E-state index is 0.118. The van der Waals surface area contributed by atoms with Gasteiger partial charge in [0.05, 0.1) is 23.5 Å². The SMILES string of the molecule is CCOC1(C(NN)c2cnccn2)CCC(C)(C)CC1. The lowest BCUT2D eigenvalue weighted by Gasteiger charge is -2.47. The first kappa shape index (κ1) is 15.4. The van der Waals surface area contributed by atoms with Gasteiger partial charge < -0.3 is 4.74 Å². The lowest BCUT2D eigenvalue weighted by molar-refractivity contribution is -0.108. The summed E-state index contributed by atoms with van der Waals surface area (Å²) >= 11 is 0. The van der Waals surface area contributed by atoms with E-state index in [0.717, 1.165) is 31.4 Å². The minimum atomic E-state index is -0.283. The Labute approximate surface area is 121 Å². The maximum atomic E-state index is 6.16. The topological polar surface area (TPSA) is 73.1 Å². The Bertz CT molecular complexity index is 411. The molecule has 1 aliphatic carbocycles. The van der Waals surface area contributed by atoms with E-state index in [-0.39, 0.29) is 11.6 Å². The second-order valence-corrected chi connectivity index (χ2v) is 6.39. The monoisotopic (exact) mass is 278 g/mol. The van der Waals surface area contributed by atoms with Gasteiger partial charge in [0.2, 0.25) is 0 Å². The van der Waals surface area contributed by atoms with E-state index in [4.69, 9.17) is 10.6 Å². The zero-order valence-electron chi connectivity index (χ0n) is 12.7. The summed E-state index contributed by atoms with van der Waals surface area (Å²) in [5.74, 6) is 5.82. The molecule has 112 valence electrons. The standard InChI is InChI=1S/C15H26N4O/c1-4-20-15(7-5-14(2,3)6-8-15)13(19-16)12-11-17-9-10-18-12/h9-11,13,19H,4-8,16H2,1-3H3. The summed E-state index contributed by atoms with van der Waals surface area (Å²) in [5.41, 5.74) is 3.86. The molecule has 1 aliphatic rings. The van der Waals surface area contributed by atoms with Gasteiger partial charge in [0.1, 0.15) is 0 Å². The van der Waals surface area contributed by atoms with Gasteiger partial charge in [-0.3, -0.25) is 15.8 Å². The molecular formula is C15H26N4O. The second-order valence-electron chi connectivity index (χ2n) is 6.39. The van der Waals surface area contributed by atoms with Crippen LogP contribution >= 0.6 is 0 Å². The first-order valence-corrected chi connectivity index (χ1v) is 7.39. The Morgan fingerprint density at radius 1 is 1.30 bits per heavy atom. The van der Waals surface area contributed by atoms with Crippen molar-refractivity contribution in [3.05, 3.63) is 24.3 Å². The van der Waals surface area contributed by atoms with Crippen LogP contribution in [0.2, 0.25) is 0 Å². The quantitative estimate of drug-likeness (QED) is 0.639. The first-order chi connectivity index (χ1) is 9.53. The van der Waals surface area contributed by atoms with E-state index in [9.17, 15) is 0 Å². The predicted octanol–water partition coefficient (Wildman–Crippen LogP) is 2.36. The summed E-state index contributed by atoms with van der Waals surface area (Å²) in [7, 11) is 0. The molecule has 0 spiro atoms. The number of nitrogens with zero attached hydrogens (tertiary/aromatic N) is 2. The number of ether oxygens (including phenoxy) is 1. The van der Waals surface area contributed by atoms with Crippen molar-refractivity contribution in [2.75, 3.05) is 6.61 Å². The second kappa shape index (κ2) is 6.16. The summed E-state index contributed by atoms with van der Waals surface area (Å²) in [5, 5.41) is 0. The molecule has 1 unspecified atom stereocenters. The molecule has 1 fully saturated rings. The molecule has 1 aromatic rings. The van der Waals surface area contributed by atoms with Crippen molar-refractivity contribution in [3.63, 3.8) is 0 Å². The molecule has 0 aromatic carbocycles. The molecule has 0 bridgehead atoms. The zero-order chi connectivity index (χ0) is 14.6. The molecular weight excluding hydrogens is 252 g/mol. The number of hydrogen-bond donors (Lipinski definition) is 2. The van der Waals surface area contributed by atoms with E-state index in [2.05, 4.69) is 29.2 Å². The average molecular weight is 278 g/mol. The Hall–Kier alpha value is -1.04. The smallest absolute Gasteiger partial charge is 0.0937 e. The van der Waals surface area contributed by atoms with Crippen molar-refractivity contribution < 1.29 is 4.74 Å². The first-order valence-electron chi connectivity index (χ1n) is 7.39. The van der Waals surface area contributed by atoms with Crippen molar-refractivity contribution in [2.45, 2.75) is 58.1 Å². The fourth-order valence-electron chi connectivity index (χ4n) is 3.12. The molecule has 1 heterocycles. The van der Waals surface area contributed by atoms with Gasteiger partial charge in [-0.1, -0.05) is 13.8 Å². The summed E-state index contributed by atoms with van der Waals surface area (Å²) < 4.78 is 6.16. The largest absolute Gasteiger partial charge is 0.373 e. The lowest BCUT2D eigenvalue weighted by atomic mass is 9.68. The van der Waals surface area contributed by atoms with Crippen LogP contribution in [0.1, 0.15) is 58.2 Å². The Balaban J connectivity index is 2.27. The minimum Gasteiger partial charge on any atom is -0.373 e. The highest BCUT2D eigenvalue weighted by Gasteiger charge is 2.45. The lowest BCUT2D eigenvalue weighted by Crippen LogP contribution is -2.51. The van der Waals surface area contributed by atoms with Gasteiger partial charge in [-0.05, 0) is 38.0 Å². The van der Waals surface area contributed by atoms with Gasteiger partial charge in [-0.25, -0.2) is 5.43 Å². The van der Waals surface area contributed by atoms with Crippen LogP contribution in [0.3, 0.4) is 0 Å². The third kappa shape index (κ3) is 3.16. The molecule has 3 N–H and O–H groups in total. The zero-order valence-corrected chi connectivity index (χ0v) is 12.7. The number of nitrogens with one attached hydrogen (secondary N) is 1. The van der Waals surface area contributed by atoms with Crippen LogP contribution < -0.4 is 11.3 Å². The van der Waals surface area contributed by atoms with Gasteiger partial charge in [0.25, 0.3) is 0 Å². The molecule has 0 radical (unpaired) electrons. The molecule has 1 aromatic heterocycles. The number of hydrogen-bond acceptors (Lipinski definition) is 5. The summed E-state index contributed by atoms with van der Waals surface area (Å²) in [6.45, 7) is 7.34. The summed E-state index contributed by atoms with van der Waals surface area (Å²) in [6, 6.07) is -0.118. The van der Waals surface area contributed by atoms with Crippen LogP contribution in [0.25, 0.3) is 0 Å². The van der Waals surface area contributed by atoms with E-state index >= 15 is 0 Å². The van der Waals surface area contributed by atoms with Crippen LogP contribution in [0, 0.1) is 5.41 Å². The Morgan fingerprint density at radius 3 is 2.50 bits per heavy atom. The Morgan fingerprint density at radius 2 is 2.00 bits per heavy atom. The third-order valence-electron chi connectivity index (χ3n) is 4.45. The molecule has 0 aliphatic heterocycles. The van der Waals surface area contributed by atoms with Gasteiger partial charge >= 0.3 is 0 Å². The van der Waals surface area contributed by atoms with Crippen LogP contribution in [0.15, 0.2) is 18.6 Å². The van der Waals surface area contributed by atoms with Gasteiger partial charge in [-0.15, -0.1) is 0 Å². The molecule has 0 saturated heterocycles. The van der Waals surface area contributed by atoms with E-state index in [1.165, 1.54) is 0 Å². The van der Waals surface area contributed by atoms with Crippen molar-refractivity contribution in [3.8, 4) is 0 Å². The Kier molecular flexibility index (Phi) is 4.73. The fraction of sp³-hybridized carbons (Fsp3) is 0.733. The number of rotatable bonds is 5. The molecule has 5 nitrogen and oxygen atoms in total. The fourth-order valence-corrected chi connectivity index (χ4v) is 3.12. The van der Waals surface area contributed by atoms with E-state index in [1.807, 2.05) is 6.92 Å². The third-order valence-corrected chi connectivity index (χ3v) is 4.45. The summed E-state index contributed by atoms with van der Waals surface area (Å²) in [4.78, 5) is 8.56. The van der Waals surface area contributed by atoms with E-state index in [1.54, 1.807) is 18.6 Å². The van der Waals surface area contributed by atoms with E-state index < -0.39 is 0 Å². The molecule has 20 heavy (non-hydrogen) atoms. The van der Waals surface area contributed by atoms with Crippen molar-refractivity contribution >= 4 is 0 Å². The van der Waals surface area contributed by atoms with Crippen molar-refractivity contribution in [1.82, 2.24) is 15.4 Å². The summed E-state index contributed by atoms with van der Waals surface area (Å²) in [6.07, 6.45) is 9.38. The van der Waals surface area contributed by atoms with Crippen LogP contribution in [0.5, 0.6) is 0 Å². The van der Waals surface area contributed by atoms with E-state index in [0.29, 0.717) is 12.0 Å². The average Bonchev–Trinajstić information content (AvgIpc) is 2.44. The molecule has 0 amide bonds. The highest BCUT2D eigenvalue weighted by Crippen LogP contribution is 2.47. The molecule has 2 rings (SSSR count). The maximum Gasteiger partial charge on any atom is 0.0937 e. The van der Waals surface area contributed by atoms with Crippen LogP contribution in [-0.2, 0) is 4.74 Å². The maximum absolute atomic E-state index is 6.16. The highest BCUT2D eigenvalue weighted by atomic mass is 16.5. The van der Waals surface area contributed by atoms with Crippen molar-refractivity contribution in [2.24, 2.45) is 11.3 Å². The predicted molar refractivity (Wildman–Crippen MR) is 78.7 cm³/mol. The number of nitrogens with two attached hydrogens (primary N) is 1.